The van der Waals surface area contributed by atoms with Gasteiger partial charge in [-0.1, -0.05) is 18.2 Å². The Balaban J connectivity index is 1.52. The molecule has 2 aromatic carbocycles. The Bertz CT molecular complexity index is 818. The van der Waals surface area contributed by atoms with E-state index < -0.39 is 11.6 Å². The maximum Gasteiger partial charge on any atom is 0.202 e. The average molecular weight is 349 g/mol. The highest BCUT2D eigenvalue weighted by molar-refractivity contribution is 7.09. The van der Waals surface area contributed by atoms with E-state index in [-0.39, 0.29) is 5.82 Å². The maximum absolute atomic E-state index is 13.1. The monoisotopic (exact) mass is 349 g/mol. The quantitative estimate of drug-likeness (QED) is 0.725. The molecule has 0 bridgehead atoms. The van der Waals surface area contributed by atoms with Crippen LogP contribution in [0.1, 0.15) is 17.0 Å². The van der Waals surface area contributed by atoms with Crippen LogP contribution in [0, 0.1) is 17.5 Å². The highest BCUT2D eigenvalue weighted by Crippen LogP contribution is 2.15. The van der Waals surface area contributed by atoms with Crippen molar-refractivity contribution >= 4 is 16.7 Å². The molecule has 0 unspecified atom stereocenters. The predicted octanol–water partition coefficient (Wildman–Crippen LogP) is 4.20. The van der Waals surface area contributed by atoms with Crippen LogP contribution in [0.5, 0.6) is 0 Å². The molecule has 0 aliphatic heterocycles. The second kappa shape index (κ2) is 7.44. The van der Waals surface area contributed by atoms with Crippen LogP contribution in [-0.2, 0) is 12.8 Å². The van der Waals surface area contributed by atoms with Crippen LogP contribution >= 0.6 is 11.5 Å². The fourth-order valence-corrected chi connectivity index (χ4v) is 2.80. The van der Waals surface area contributed by atoms with Gasteiger partial charge in [0.05, 0.1) is 0 Å². The van der Waals surface area contributed by atoms with Gasteiger partial charge < -0.3 is 5.32 Å². The van der Waals surface area contributed by atoms with E-state index in [0.29, 0.717) is 35.9 Å². The van der Waals surface area contributed by atoms with Crippen molar-refractivity contribution in [2.24, 2.45) is 0 Å². The van der Waals surface area contributed by atoms with Gasteiger partial charge in [-0.15, -0.1) is 0 Å². The molecule has 0 fully saturated rings. The van der Waals surface area contributed by atoms with Gasteiger partial charge in [-0.2, -0.15) is 4.37 Å². The zero-order valence-electron chi connectivity index (χ0n) is 12.6. The largest absolute Gasteiger partial charge is 0.360 e. The molecule has 124 valence electrons. The molecule has 0 spiro atoms. The molecule has 0 aliphatic rings. The Morgan fingerprint density at radius 2 is 1.67 bits per heavy atom. The van der Waals surface area contributed by atoms with Crippen molar-refractivity contribution in [3.8, 4) is 0 Å². The minimum atomic E-state index is -0.846. The Morgan fingerprint density at radius 1 is 0.917 bits per heavy atom. The van der Waals surface area contributed by atoms with Crippen LogP contribution in [0.15, 0.2) is 42.5 Å². The fourth-order valence-electron chi connectivity index (χ4n) is 2.19. The van der Waals surface area contributed by atoms with Gasteiger partial charge in [-0.05, 0) is 41.8 Å². The van der Waals surface area contributed by atoms with E-state index in [2.05, 4.69) is 14.7 Å². The molecule has 0 radical (unpaired) electrons. The van der Waals surface area contributed by atoms with Crippen molar-refractivity contribution in [2.45, 2.75) is 12.8 Å². The van der Waals surface area contributed by atoms with Gasteiger partial charge in [-0.3, -0.25) is 0 Å². The van der Waals surface area contributed by atoms with E-state index in [4.69, 9.17) is 0 Å². The summed E-state index contributed by atoms with van der Waals surface area (Å²) in [6.45, 7) is 0.538. The lowest BCUT2D eigenvalue weighted by Crippen LogP contribution is -2.05. The molecule has 7 heteroatoms. The van der Waals surface area contributed by atoms with Crippen molar-refractivity contribution in [1.82, 2.24) is 9.36 Å². The van der Waals surface area contributed by atoms with Crippen LogP contribution in [0.25, 0.3) is 0 Å². The second-order valence-corrected chi connectivity index (χ2v) is 6.00. The lowest BCUT2D eigenvalue weighted by molar-refractivity contribution is 0.507. The van der Waals surface area contributed by atoms with Gasteiger partial charge in [0.15, 0.2) is 11.6 Å². The van der Waals surface area contributed by atoms with Crippen LogP contribution in [0.4, 0.5) is 18.3 Å². The molecule has 0 atom stereocenters. The van der Waals surface area contributed by atoms with Crippen LogP contribution < -0.4 is 5.32 Å². The first-order valence-electron chi connectivity index (χ1n) is 7.35. The third kappa shape index (κ3) is 4.32. The summed E-state index contributed by atoms with van der Waals surface area (Å²) in [7, 11) is 0. The predicted molar refractivity (Wildman–Crippen MR) is 87.7 cm³/mol. The Kier molecular flexibility index (Phi) is 5.10. The molecule has 0 saturated heterocycles. The molecular weight excluding hydrogens is 335 g/mol. The Labute approximate surface area is 141 Å². The van der Waals surface area contributed by atoms with Crippen LogP contribution in [0.3, 0.4) is 0 Å². The van der Waals surface area contributed by atoms with Crippen molar-refractivity contribution in [2.75, 3.05) is 11.9 Å². The smallest absolute Gasteiger partial charge is 0.202 e. The summed E-state index contributed by atoms with van der Waals surface area (Å²) in [5.41, 5.74) is 1.64. The van der Waals surface area contributed by atoms with Gasteiger partial charge in [0.25, 0.3) is 0 Å². The van der Waals surface area contributed by atoms with Gasteiger partial charge in [0.1, 0.15) is 11.6 Å². The SMILES string of the molecule is Fc1ccc(Cc2nsc(NCCc3ccc(F)c(F)c3)n2)cc1. The number of hydrogen-bond acceptors (Lipinski definition) is 4. The first-order chi connectivity index (χ1) is 11.6. The lowest BCUT2D eigenvalue weighted by atomic mass is 10.1. The van der Waals surface area contributed by atoms with Gasteiger partial charge in [0, 0.05) is 24.5 Å². The standard InChI is InChI=1S/C17H14F3N3S/c18-13-4-1-11(2-5-13)10-16-22-17(24-23-16)21-8-7-12-3-6-14(19)15(20)9-12/h1-6,9H,7-8,10H2,(H,21,22,23). The number of nitrogens with zero attached hydrogens (tertiary/aromatic N) is 2. The van der Waals surface area contributed by atoms with E-state index in [1.807, 2.05) is 0 Å². The van der Waals surface area contributed by atoms with E-state index in [1.165, 1.54) is 29.7 Å². The molecule has 24 heavy (non-hydrogen) atoms. The number of benzene rings is 2. The number of rotatable bonds is 6. The molecule has 1 heterocycles. The summed E-state index contributed by atoms with van der Waals surface area (Å²) in [6.07, 6.45) is 1.08. The summed E-state index contributed by atoms with van der Waals surface area (Å²) < 4.78 is 43.1. The van der Waals surface area contributed by atoms with Crippen LogP contribution in [-0.4, -0.2) is 15.9 Å². The summed E-state index contributed by atoms with van der Waals surface area (Å²) in [5, 5.41) is 3.77. The minimum absolute atomic E-state index is 0.274. The van der Waals surface area contributed by atoms with Gasteiger partial charge in [0.2, 0.25) is 5.13 Å². The molecule has 1 aromatic heterocycles. The average Bonchev–Trinajstić information content (AvgIpc) is 3.00. The first kappa shape index (κ1) is 16.4. The van der Waals surface area contributed by atoms with E-state index in [9.17, 15) is 13.2 Å². The minimum Gasteiger partial charge on any atom is -0.360 e. The normalized spacial score (nSPS) is 10.8. The lowest BCUT2D eigenvalue weighted by Gasteiger charge is -2.03. The van der Waals surface area contributed by atoms with E-state index in [0.717, 1.165) is 11.6 Å². The molecular formula is C17H14F3N3S. The van der Waals surface area contributed by atoms with Crippen molar-refractivity contribution < 1.29 is 13.2 Å². The number of nitrogens with one attached hydrogen (secondary N) is 1. The molecule has 3 rings (SSSR count). The zero-order chi connectivity index (χ0) is 16.9. The molecule has 0 amide bonds. The fraction of sp³-hybridized carbons (Fsp3) is 0.176. The third-order valence-electron chi connectivity index (χ3n) is 3.42. The Hall–Kier alpha value is -2.41. The number of hydrogen-bond donors (Lipinski definition) is 1. The van der Waals surface area contributed by atoms with Crippen molar-refractivity contribution in [1.29, 1.82) is 0 Å². The van der Waals surface area contributed by atoms with E-state index >= 15 is 0 Å². The summed E-state index contributed by atoms with van der Waals surface area (Å²) in [6, 6.07) is 10.1. The summed E-state index contributed by atoms with van der Waals surface area (Å²) >= 11 is 1.23. The molecule has 0 aliphatic carbocycles. The van der Waals surface area contributed by atoms with Gasteiger partial charge in [-0.25, -0.2) is 18.2 Å². The van der Waals surface area contributed by atoms with Gasteiger partial charge >= 0.3 is 0 Å². The number of aromatic nitrogens is 2. The molecule has 3 nitrogen and oxygen atoms in total. The highest BCUT2D eigenvalue weighted by atomic mass is 32.1. The third-order valence-corrected chi connectivity index (χ3v) is 4.13. The molecule has 3 aromatic rings. The first-order valence-corrected chi connectivity index (χ1v) is 8.12. The zero-order valence-corrected chi connectivity index (χ0v) is 13.4. The second-order valence-electron chi connectivity index (χ2n) is 5.24. The van der Waals surface area contributed by atoms with Crippen molar-refractivity contribution in [3.05, 3.63) is 76.9 Å². The molecule has 1 N–H and O–H groups in total. The number of anilines is 1. The maximum atomic E-state index is 13.1. The van der Waals surface area contributed by atoms with Crippen molar-refractivity contribution in [3.63, 3.8) is 0 Å². The van der Waals surface area contributed by atoms with E-state index in [1.54, 1.807) is 18.2 Å². The summed E-state index contributed by atoms with van der Waals surface area (Å²) in [4.78, 5) is 4.36. The summed E-state index contributed by atoms with van der Waals surface area (Å²) in [5.74, 6) is -1.31. The topological polar surface area (TPSA) is 37.8 Å². The van der Waals surface area contributed by atoms with Crippen LogP contribution in [0.2, 0.25) is 0 Å². The molecule has 0 saturated carbocycles. The Morgan fingerprint density at radius 3 is 2.42 bits per heavy atom. The highest BCUT2D eigenvalue weighted by Gasteiger charge is 2.06. The number of halogens is 3.